The summed E-state index contributed by atoms with van der Waals surface area (Å²) < 4.78 is 0. The lowest BCUT2D eigenvalue weighted by Crippen LogP contribution is -2.16. The van der Waals surface area contributed by atoms with Crippen LogP contribution in [0.3, 0.4) is 0 Å². The smallest absolute Gasteiger partial charge is 0.0726 e. The fraction of sp³-hybridized carbons (Fsp3) is 0.189. The van der Waals surface area contributed by atoms with Gasteiger partial charge in [-0.3, -0.25) is 19.9 Å². The molecule has 7 rings (SSSR count). The fourth-order valence-electron chi connectivity index (χ4n) is 6.39. The maximum Gasteiger partial charge on any atom is 0.0726 e. The Morgan fingerprint density at radius 2 is 1.34 bits per heavy atom. The largest absolute Gasteiger partial charge is 0.261 e. The van der Waals surface area contributed by atoms with Crippen LogP contribution in [0.15, 0.2) is 102 Å². The number of fused-ring (bicyclic) bond motifs is 3. The Morgan fingerprint density at radius 1 is 0.659 bits per heavy atom. The summed E-state index contributed by atoms with van der Waals surface area (Å²) >= 11 is 0. The van der Waals surface area contributed by atoms with Gasteiger partial charge in [0.05, 0.1) is 11.4 Å². The highest BCUT2D eigenvalue weighted by atomic mass is 14.8. The van der Waals surface area contributed by atoms with E-state index >= 15 is 0 Å². The summed E-state index contributed by atoms with van der Waals surface area (Å²) in [5.41, 5.74) is 15.1. The van der Waals surface area contributed by atoms with E-state index in [0.717, 1.165) is 40.3 Å². The minimum atomic E-state index is -0.109. The zero-order chi connectivity index (χ0) is 28.1. The van der Waals surface area contributed by atoms with Crippen molar-refractivity contribution in [3.8, 4) is 33.5 Å². The number of hydrogen-bond acceptors (Lipinski definition) is 4. The van der Waals surface area contributed by atoms with Crippen LogP contribution in [0.2, 0.25) is 0 Å². The summed E-state index contributed by atoms with van der Waals surface area (Å²) in [6, 6.07) is 26.4. The van der Waals surface area contributed by atoms with Gasteiger partial charge in [-0.05, 0) is 102 Å². The standard InChI is InChI=1S/C37H32N4/c1-23-29(7-5-15-38-23)35-21-27(13-17-40-35)25-9-11-31-32-12-10-26(20-34(32)37(3,4)33(31)19-25)28-14-18-41-36(22-28)30-8-6-16-39-24(30)2/h5-13,15-22,28H,14H2,1-4H3. The second kappa shape index (κ2) is 9.74. The number of aromatic nitrogens is 3. The van der Waals surface area contributed by atoms with Crippen LogP contribution in [-0.4, -0.2) is 21.2 Å². The number of allylic oxidation sites excluding steroid dienone is 1. The van der Waals surface area contributed by atoms with Crippen molar-refractivity contribution >= 4 is 11.9 Å². The van der Waals surface area contributed by atoms with Crippen molar-refractivity contribution in [1.82, 2.24) is 15.0 Å². The van der Waals surface area contributed by atoms with Gasteiger partial charge in [0, 0.05) is 58.7 Å². The normalized spacial score (nSPS) is 16.7. The van der Waals surface area contributed by atoms with Crippen molar-refractivity contribution < 1.29 is 0 Å². The van der Waals surface area contributed by atoms with Gasteiger partial charge in [-0.15, -0.1) is 0 Å². The van der Waals surface area contributed by atoms with Crippen LogP contribution in [-0.2, 0) is 5.41 Å². The molecule has 0 saturated heterocycles. The quantitative estimate of drug-likeness (QED) is 0.233. The Kier molecular flexibility index (Phi) is 6.01. The van der Waals surface area contributed by atoms with Gasteiger partial charge in [0.25, 0.3) is 0 Å². The summed E-state index contributed by atoms with van der Waals surface area (Å²) in [6.07, 6.45) is 10.8. The molecule has 0 bridgehead atoms. The molecule has 0 radical (unpaired) electrons. The number of aliphatic imine (C=N–C) groups is 1. The fourth-order valence-corrected chi connectivity index (χ4v) is 6.39. The number of rotatable bonds is 4. The summed E-state index contributed by atoms with van der Waals surface area (Å²) in [7, 11) is 0. The average Bonchev–Trinajstić information content (AvgIpc) is 3.23. The summed E-state index contributed by atoms with van der Waals surface area (Å²) in [5, 5.41) is 0. The maximum absolute atomic E-state index is 4.73. The lowest BCUT2D eigenvalue weighted by molar-refractivity contribution is 0.658. The van der Waals surface area contributed by atoms with E-state index in [4.69, 9.17) is 4.99 Å². The molecular formula is C37H32N4. The Hall–Kier alpha value is -4.70. The van der Waals surface area contributed by atoms with Crippen LogP contribution in [0.4, 0.5) is 0 Å². The van der Waals surface area contributed by atoms with Crippen molar-refractivity contribution in [2.45, 2.75) is 45.4 Å². The number of aryl methyl sites for hydroxylation is 2. The first kappa shape index (κ1) is 25.3. The van der Waals surface area contributed by atoms with Crippen LogP contribution < -0.4 is 0 Å². The van der Waals surface area contributed by atoms with Gasteiger partial charge < -0.3 is 0 Å². The lowest BCUT2D eigenvalue weighted by Gasteiger charge is -2.24. The van der Waals surface area contributed by atoms with Crippen molar-refractivity contribution in [3.05, 3.63) is 131 Å². The first-order valence-corrected chi connectivity index (χ1v) is 14.2. The molecule has 0 saturated carbocycles. The van der Waals surface area contributed by atoms with Crippen LogP contribution >= 0.6 is 0 Å². The minimum Gasteiger partial charge on any atom is -0.261 e. The summed E-state index contributed by atoms with van der Waals surface area (Å²) in [5.74, 6) is 0.286. The predicted octanol–water partition coefficient (Wildman–Crippen LogP) is 8.73. The van der Waals surface area contributed by atoms with Crippen molar-refractivity contribution in [1.29, 1.82) is 0 Å². The van der Waals surface area contributed by atoms with Gasteiger partial charge in [0.15, 0.2) is 0 Å². The number of pyridine rings is 3. The topological polar surface area (TPSA) is 51.0 Å². The molecule has 4 heteroatoms. The monoisotopic (exact) mass is 532 g/mol. The molecule has 0 spiro atoms. The Labute approximate surface area is 241 Å². The first-order chi connectivity index (χ1) is 19.9. The Morgan fingerprint density at radius 3 is 2.10 bits per heavy atom. The summed E-state index contributed by atoms with van der Waals surface area (Å²) in [6.45, 7) is 8.78. The highest BCUT2D eigenvalue weighted by Gasteiger charge is 2.36. The van der Waals surface area contributed by atoms with E-state index in [1.807, 2.05) is 44.6 Å². The highest BCUT2D eigenvalue weighted by molar-refractivity contribution is 5.85. The van der Waals surface area contributed by atoms with E-state index in [2.05, 4.69) is 102 Å². The number of nitrogens with zero attached hydrogens (tertiary/aromatic N) is 4. The molecule has 0 fully saturated rings. The van der Waals surface area contributed by atoms with Crippen LogP contribution in [0.1, 0.15) is 59.8 Å². The molecule has 1 atom stereocenters. The third-order valence-electron chi connectivity index (χ3n) is 8.74. The highest BCUT2D eigenvalue weighted by Crippen LogP contribution is 2.50. The zero-order valence-electron chi connectivity index (χ0n) is 23.9. The van der Waals surface area contributed by atoms with E-state index in [9.17, 15) is 0 Å². The van der Waals surface area contributed by atoms with Gasteiger partial charge in [-0.2, -0.15) is 0 Å². The first-order valence-electron chi connectivity index (χ1n) is 14.2. The Balaban J connectivity index is 1.24. The molecule has 0 N–H and O–H groups in total. The molecule has 1 unspecified atom stereocenters. The minimum absolute atomic E-state index is 0.109. The third-order valence-corrected chi connectivity index (χ3v) is 8.74. The van der Waals surface area contributed by atoms with E-state index in [-0.39, 0.29) is 11.3 Å². The van der Waals surface area contributed by atoms with Crippen LogP contribution in [0.25, 0.3) is 39.2 Å². The SMILES string of the molecule is Cc1ncccc1C1=CC(c2ccc3c(c2)C(C)(C)c2cc(-c4ccnc(-c5cccnc5C)c4)ccc2-3)CC=N1. The maximum atomic E-state index is 4.73. The average molecular weight is 533 g/mol. The molecule has 1 aliphatic carbocycles. The molecule has 41 heavy (non-hydrogen) atoms. The molecule has 200 valence electrons. The molecule has 4 nitrogen and oxygen atoms in total. The second-order valence-electron chi connectivity index (χ2n) is 11.6. The van der Waals surface area contributed by atoms with Crippen LogP contribution in [0, 0.1) is 13.8 Å². The molecule has 5 aromatic rings. The molecule has 1 aliphatic heterocycles. The number of hydrogen-bond donors (Lipinski definition) is 0. The van der Waals surface area contributed by atoms with Crippen LogP contribution in [0.5, 0.6) is 0 Å². The molecular weight excluding hydrogens is 500 g/mol. The molecule has 2 aromatic carbocycles. The van der Waals surface area contributed by atoms with Gasteiger partial charge in [-0.1, -0.05) is 50.3 Å². The molecule has 4 heterocycles. The van der Waals surface area contributed by atoms with E-state index < -0.39 is 0 Å². The lowest BCUT2D eigenvalue weighted by atomic mass is 9.80. The second-order valence-corrected chi connectivity index (χ2v) is 11.6. The predicted molar refractivity (Wildman–Crippen MR) is 168 cm³/mol. The number of benzene rings is 2. The Bertz CT molecular complexity index is 1880. The van der Waals surface area contributed by atoms with Gasteiger partial charge in [-0.25, -0.2) is 0 Å². The van der Waals surface area contributed by atoms with Gasteiger partial charge in [0.2, 0.25) is 0 Å². The van der Waals surface area contributed by atoms with E-state index in [1.165, 1.54) is 38.9 Å². The molecule has 0 amide bonds. The van der Waals surface area contributed by atoms with Gasteiger partial charge >= 0.3 is 0 Å². The summed E-state index contributed by atoms with van der Waals surface area (Å²) in [4.78, 5) is 18.3. The zero-order valence-corrected chi connectivity index (χ0v) is 23.9. The van der Waals surface area contributed by atoms with Crippen molar-refractivity contribution in [3.63, 3.8) is 0 Å². The van der Waals surface area contributed by atoms with E-state index in [0.29, 0.717) is 0 Å². The van der Waals surface area contributed by atoms with Crippen molar-refractivity contribution in [2.75, 3.05) is 0 Å². The third kappa shape index (κ3) is 4.31. The molecule has 2 aliphatic rings. The van der Waals surface area contributed by atoms with Crippen molar-refractivity contribution in [2.24, 2.45) is 4.99 Å². The molecule has 3 aromatic heterocycles. The van der Waals surface area contributed by atoms with E-state index in [1.54, 1.807) is 0 Å². The van der Waals surface area contributed by atoms with Gasteiger partial charge in [0.1, 0.15) is 0 Å².